The van der Waals surface area contributed by atoms with Crippen LogP contribution in [0.5, 0.6) is 0 Å². The van der Waals surface area contributed by atoms with Gasteiger partial charge in [0, 0.05) is 0 Å². The maximum atomic E-state index is 10.7. The van der Waals surface area contributed by atoms with Crippen LogP contribution in [-0.2, 0) is 11.2 Å². The topological polar surface area (TPSA) is 69.2 Å². The number of rotatable bonds is 5. The largest absolute Gasteiger partial charge is 0.480 e. The van der Waals surface area contributed by atoms with Gasteiger partial charge in [-0.3, -0.25) is 9.69 Å². The smallest absolute Gasteiger partial charge is 0.317 e. The Balaban J connectivity index is 2.27. The highest BCUT2D eigenvalue weighted by molar-refractivity contribution is 5.76. The number of hydrogen-bond donors (Lipinski definition) is 2. The van der Waals surface area contributed by atoms with Crippen LogP contribution >= 0.6 is 0 Å². The number of aryl methyl sites for hydroxylation is 1. The highest BCUT2D eigenvalue weighted by atomic mass is 16.4. The molecule has 5 nitrogen and oxygen atoms in total. The molecule has 2 N–H and O–H groups in total. The molecule has 2 aromatic rings. The van der Waals surface area contributed by atoms with Gasteiger partial charge in [-0.25, -0.2) is 4.98 Å². The highest BCUT2D eigenvalue weighted by Gasteiger charge is 2.17. The van der Waals surface area contributed by atoms with Crippen LogP contribution in [0.3, 0.4) is 0 Å². The molecule has 1 heterocycles. The van der Waals surface area contributed by atoms with Gasteiger partial charge in [-0.1, -0.05) is 13.0 Å². The number of carboxylic acids is 1. The minimum Gasteiger partial charge on any atom is -0.480 e. The SMILES string of the molecule is CCc1ccc2nc(C(C)N(C)CC(=O)O)[nH]c2c1. The van der Waals surface area contributed by atoms with E-state index in [-0.39, 0.29) is 12.6 Å². The second-order valence-corrected chi connectivity index (χ2v) is 4.81. The van der Waals surface area contributed by atoms with E-state index in [1.54, 1.807) is 11.9 Å². The highest BCUT2D eigenvalue weighted by Crippen LogP contribution is 2.20. The Bertz CT molecular complexity index is 591. The number of aromatic nitrogens is 2. The van der Waals surface area contributed by atoms with Crippen LogP contribution in [-0.4, -0.2) is 39.5 Å². The molecule has 0 amide bonds. The summed E-state index contributed by atoms with van der Waals surface area (Å²) < 4.78 is 0. The van der Waals surface area contributed by atoms with Crippen molar-refractivity contribution in [1.82, 2.24) is 14.9 Å². The number of benzene rings is 1. The predicted molar refractivity (Wildman–Crippen MR) is 74.2 cm³/mol. The third-order valence-corrected chi connectivity index (χ3v) is 3.41. The summed E-state index contributed by atoms with van der Waals surface area (Å²) in [5.41, 5.74) is 3.18. The Hall–Kier alpha value is -1.88. The van der Waals surface area contributed by atoms with E-state index in [0.717, 1.165) is 23.3 Å². The summed E-state index contributed by atoms with van der Waals surface area (Å²) in [4.78, 5) is 20.3. The van der Waals surface area contributed by atoms with Gasteiger partial charge in [0.2, 0.25) is 0 Å². The van der Waals surface area contributed by atoms with E-state index >= 15 is 0 Å². The standard InChI is InChI=1S/C14H19N3O2/c1-4-10-5-6-11-12(7-10)16-14(15-11)9(2)17(3)8-13(18)19/h5-7,9H,4,8H2,1-3H3,(H,15,16)(H,18,19). The zero-order valence-electron chi connectivity index (χ0n) is 11.5. The molecule has 19 heavy (non-hydrogen) atoms. The van der Waals surface area contributed by atoms with Crippen LogP contribution in [0.25, 0.3) is 11.0 Å². The molecule has 0 aliphatic heterocycles. The van der Waals surface area contributed by atoms with Gasteiger partial charge < -0.3 is 10.1 Å². The molecule has 1 atom stereocenters. The van der Waals surface area contributed by atoms with Crippen molar-refractivity contribution in [3.8, 4) is 0 Å². The van der Waals surface area contributed by atoms with E-state index in [1.165, 1.54) is 5.56 Å². The lowest BCUT2D eigenvalue weighted by Gasteiger charge is -2.20. The average Bonchev–Trinajstić information content (AvgIpc) is 2.79. The predicted octanol–water partition coefficient (Wildman–Crippen LogP) is 2.20. The first-order valence-electron chi connectivity index (χ1n) is 6.41. The molecule has 102 valence electrons. The van der Waals surface area contributed by atoms with Gasteiger partial charge in [-0.15, -0.1) is 0 Å². The number of fused-ring (bicyclic) bond motifs is 1. The zero-order chi connectivity index (χ0) is 14.0. The Morgan fingerprint density at radius 1 is 1.53 bits per heavy atom. The minimum absolute atomic E-state index is 0.00157. The van der Waals surface area contributed by atoms with Gasteiger partial charge in [0.25, 0.3) is 0 Å². The molecule has 0 saturated carbocycles. The minimum atomic E-state index is -0.835. The fraction of sp³-hybridized carbons (Fsp3) is 0.429. The molecule has 0 radical (unpaired) electrons. The summed E-state index contributed by atoms with van der Waals surface area (Å²) >= 11 is 0. The van der Waals surface area contributed by atoms with Crippen molar-refractivity contribution in [1.29, 1.82) is 0 Å². The molecule has 0 spiro atoms. The Kier molecular flexibility index (Phi) is 3.85. The molecule has 0 aliphatic rings. The Morgan fingerprint density at radius 3 is 2.89 bits per heavy atom. The van der Waals surface area contributed by atoms with Crippen molar-refractivity contribution < 1.29 is 9.90 Å². The molecule has 0 saturated heterocycles. The number of hydrogen-bond acceptors (Lipinski definition) is 3. The van der Waals surface area contributed by atoms with Gasteiger partial charge in [0.1, 0.15) is 5.82 Å². The van der Waals surface area contributed by atoms with E-state index in [4.69, 9.17) is 5.11 Å². The van der Waals surface area contributed by atoms with Crippen molar-refractivity contribution in [3.63, 3.8) is 0 Å². The normalized spacial score (nSPS) is 13.1. The van der Waals surface area contributed by atoms with Crippen molar-refractivity contribution in [3.05, 3.63) is 29.6 Å². The number of aliphatic carboxylic acids is 1. The first kappa shape index (κ1) is 13.5. The number of carboxylic acid groups (broad SMARTS) is 1. The number of likely N-dealkylation sites (N-methyl/N-ethyl adjacent to an activating group) is 1. The van der Waals surface area contributed by atoms with Crippen LogP contribution in [0.15, 0.2) is 18.2 Å². The molecule has 0 fully saturated rings. The molecule has 1 unspecified atom stereocenters. The van der Waals surface area contributed by atoms with Crippen molar-refractivity contribution in [2.24, 2.45) is 0 Å². The van der Waals surface area contributed by atoms with Crippen LogP contribution in [0.1, 0.15) is 31.3 Å². The third kappa shape index (κ3) is 2.93. The monoisotopic (exact) mass is 261 g/mol. The molecule has 2 rings (SSSR count). The summed E-state index contributed by atoms with van der Waals surface area (Å²) in [6.07, 6.45) is 0.985. The van der Waals surface area contributed by atoms with Gasteiger partial charge in [0.15, 0.2) is 0 Å². The first-order chi connectivity index (χ1) is 9.01. The number of imidazole rings is 1. The summed E-state index contributed by atoms with van der Waals surface area (Å²) in [6.45, 7) is 4.06. The number of nitrogens with one attached hydrogen (secondary N) is 1. The molecule has 1 aromatic carbocycles. The van der Waals surface area contributed by atoms with E-state index < -0.39 is 5.97 Å². The number of nitrogens with zero attached hydrogens (tertiary/aromatic N) is 2. The molecular formula is C14H19N3O2. The van der Waals surface area contributed by atoms with Crippen molar-refractivity contribution >= 4 is 17.0 Å². The third-order valence-electron chi connectivity index (χ3n) is 3.41. The quantitative estimate of drug-likeness (QED) is 0.865. The zero-order valence-corrected chi connectivity index (χ0v) is 11.5. The van der Waals surface area contributed by atoms with Gasteiger partial charge in [0.05, 0.1) is 23.6 Å². The Morgan fingerprint density at radius 2 is 2.26 bits per heavy atom. The van der Waals surface area contributed by atoms with E-state index in [2.05, 4.69) is 29.0 Å². The van der Waals surface area contributed by atoms with Crippen LogP contribution < -0.4 is 0 Å². The van der Waals surface area contributed by atoms with Gasteiger partial charge in [-0.2, -0.15) is 0 Å². The molecule has 5 heteroatoms. The first-order valence-corrected chi connectivity index (χ1v) is 6.41. The fourth-order valence-corrected chi connectivity index (χ4v) is 2.05. The average molecular weight is 261 g/mol. The summed E-state index contributed by atoms with van der Waals surface area (Å²) in [6, 6.07) is 6.10. The van der Waals surface area contributed by atoms with E-state index in [1.807, 2.05) is 13.0 Å². The summed E-state index contributed by atoms with van der Waals surface area (Å²) in [5.74, 6) is -0.0364. The van der Waals surface area contributed by atoms with Gasteiger partial charge in [-0.05, 0) is 38.1 Å². The van der Waals surface area contributed by atoms with Crippen molar-refractivity contribution in [2.45, 2.75) is 26.3 Å². The molecule has 0 aliphatic carbocycles. The maximum Gasteiger partial charge on any atom is 0.317 e. The van der Waals surface area contributed by atoms with E-state index in [0.29, 0.717) is 0 Å². The van der Waals surface area contributed by atoms with Crippen LogP contribution in [0, 0.1) is 0 Å². The maximum absolute atomic E-state index is 10.7. The number of aromatic amines is 1. The summed E-state index contributed by atoms with van der Waals surface area (Å²) in [7, 11) is 1.78. The lowest BCUT2D eigenvalue weighted by molar-refractivity contribution is -0.138. The second-order valence-electron chi connectivity index (χ2n) is 4.81. The van der Waals surface area contributed by atoms with E-state index in [9.17, 15) is 4.79 Å². The number of H-pyrrole nitrogens is 1. The lowest BCUT2D eigenvalue weighted by atomic mass is 10.1. The second kappa shape index (κ2) is 5.40. The number of carbonyl (C=O) groups is 1. The molecule has 0 bridgehead atoms. The molecular weight excluding hydrogens is 242 g/mol. The summed E-state index contributed by atoms with van der Waals surface area (Å²) in [5, 5.41) is 8.82. The molecule has 1 aromatic heterocycles. The van der Waals surface area contributed by atoms with Gasteiger partial charge >= 0.3 is 5.97 Å². The fourth-order valence-electron chi connectivity index (χ4n) is 2.05. The van der Waals surface area contributed by atoms with Crippen LogP contribution in [0.4, 0.5) is 0 Å². The van der Waals surface area contributed by atoms with Crippen LogP contribution in [0.2, 0.25) is 0 Å². The Labute approximate surface area is 112 Å². The van der Waals surface area contributed by atoms with Crippen molar-refractivity contribution in [2.75, 3.05) is 13.6 Å². The lowest BCUT2D eigenvalue weighted by Crippen LogP contribution is -2.29.